The van der Waals surface area contributed by atoms with E-state index in [1.165, 1.54) is 11.1 Å². The molecule has 1 amide bonds. The van der Waals surface area contributed by atoms with Crippen molar-refractivity contribution in [2.45, 2.75) is 45.2 Å². The van der Waals surface area contributed by atoms with Gasteiger partial charge in [0.15, 0.2) is 0 Å². The number of rotatable bonds is 8. The number of nitrogens with one attached hydrogen (secondary N) is 2. The van der Waals surface area contributed by atoms with Gasteiger partial charge >= 0.3 is 0 Å². The minimum Gasteiger partial charge on any atom is -0.494 e. The van der Waals surface area contributed by atoms with Gasteiger partial charge in [-0.15, -0.1) is 0 Å². The molecule has 144 valence electrons. The summed E-state index contributed by atoms with van der Waals surface area (Å²) in [6.45, 7) is 5.96. The van der Waals surface area contributed by atoms with Crippen molar-refractivity contribution in [2.75, 3.05) is 19.7 Å². The van der Waals surface area contributed by atoms with Crippen LogP contribution in [0.15, 0.2) is 54.6 Å². The Morgan fingerprint density at radius 3 is 2.48 bits per heavy atom. The van der Waals surface area contributed by atoms with Crippen LogP contribution in [0.3, 0.4) is 0 Å². The van der Waals surface area contributed by atoms with Gasteiger partial charge in [0.1, 0.15) is 12.3 Å². The molecule has 0 saturated carbocycles. The maximum Gasteiger partial charge on any atom is 0.220 e. The van der Waals surface area contributed by atoms with E-state index in [9.17, 15) is 4.79 Å². The van der Waals surface area contributed by atoms with Crippen LogP contribution in [0.1, 0.15) is 36.8 Å². The first-order valence-electron chi connectivity index (χ1n) is 10.1. The first-order chi connectivity index (χ1) is 13.2. The van der Waals surface area contributed by atoms with E-state index < -0.39 is 0 Å². The average molecular weight is 368 g/mol. The van der Waals surface area contributed by atoms with Crippen molar-refractivity contribution < 1.29 is 14.4 Å². The number of amides is 1. The van der Waals surface area contributed by atoms with Gasteiger partial charge in [-0.2, -0.15) is 0 Å². The third-order valence-electron chi connectivity index (χ3n) is 5.19. The molecule has 4 nitrogen and oxygen atoms in total. The first-order valence-corrected chi connectivity index (χ1v) is 10.1. The van der Waals surface area contributed by atoms with E-state index >= 15 is 0 Å². The molecule has 2 N–H and O–H groups in total. The summed E-state index contributed by atoms with van der Waals surface area (Å²) >= 11 is 0. The summed E-state index contributed by atoms with van der Waals surface area (Å²) in [4.78, 5) is 13.8. The van der Waals surface area contributed by atoms with Crippen LogP contribution in [0.4, 0.5) is 0 Å². The lowest BCUT2D eigenvalue weighted by Crippen LogP contribution is -3.12. The molecule has 0 spiro atoms. The van der Waals surface area contributed by atoms with Crippen molar-refractivity contribution >= 4 is 5.91 Å². The molecule has 3 rings (SSSR count). The zero-order valence-corrected chi connectivity index (χ0v) is 16.2. The number of carbonyl (C=O) groups excluding carboxylic acids is 1. The van der Waals surface area contributed by atoms with Gasteiger partial charge in [-0.05, 0) is 25.5 Å². The largest absolute Gasteiger partial charge is 0.494 e. The zero-order valence-electron chi connectivity index (χ0n) is 16.2. The zero-order chi connectivity index (χ0) is 18.9. The van der Waals surface area contributed by atoms with Gasteiger partial charge in [-0.3, -0.25) is 4.79 Å². The van der Waals surface area contributed by atoms with E-state index in [1.54, 1.807) is 4.90 Å². The molecule has 2 aromatic rings. The van der Waals surface area contributed by atoms with Crippen LogP contribution in [0.5, 0.6) is 5.75 Å². The fourth-order valence-corrected chi connectivity index (χ4v) is 3.59. The Hall–Kier alpha value is -2.33. The summed E-state index contributed by atoms with van der Waals surface area (Å²) in [5.74, 6) is 1.02. The molecule has 0 bridgehead atoms. The number of carbonyl (C=O) groups is 1. The van der Waals surface area contributed by atoms with E-state index in [4.69, 9.17) is 4.74 Å². The molecule has 0 aromatic heterocycles. The number of aryl methyl sites for hydroxylation is 1. The third-order valence-corrected chi connectivity index (χ3v) is 5.19. The molecule has 0 unspecified atom stereocenters. The van der Waals surface area contributed by atoms with Crippen LogP contribution >= 0.6 is 0 Å². The minimum atomic E-state index is 0.152. The normalized spacial score (nSPS) is 19.4. The second-order valence-electron chi connectivity index (χ2n) is 7.52. The molecule has 1 fully saturated rings. The van der Waals surface area contributed by atoms with Crippen molar-refractivity contribution in [2.24, 2.45) is 0 Å². The number of piperidine rings is 1. The molecule has 1 saturated heterocycles. The summed E-state index contributed by atoms with van der Waals surface area (Å²) in [7, 11) is 0. The SMILES string of the molecule is Cc1ccc(OCCCC(=O)NC2CC[NH+](Cc3ccccc3)CC2)cc1. The predicted octanol–water partition coefficient (Wildman–Crippen LogP) is 2.52. The lowest BCUT2D eigenvalue weighted by Gasteiger charge is -2.29. The molecule has 27 heavy (non-hydrogen) atoms. The van der Waals surface area contributed by atoms with Gasteiger partial charge in [0.2, 0.25) is 5.91 Å². The molecule has 1 aliphatic rings. The van der Waals surface area contributed by atoms with Crippen molar-refractivity contribution in [1.29, 1.82) is 0 Å². The standard InChI is InChI=1S/C23H30N2O2/c1-19-9-11-22(12-10-19)27-17-5-8-23(26)24-21-13-15-25(16-14-21)18-20-6-3-2-4-7-20/h2-4,6-7,9-12,21H,5,8,13-18H2,1H3,(H,24,26)/p+1. The van der Waals surface area contributed by atoms with Crippen LogP contribution in [-0.2, 0) is 11.3 Å². The second-order valence-corrected chi connectivity index (χ2v) is 7.52. The Labute approximate surface area is 162 Å². The Morgan fingerprint density at radius 1 is 1.07 bits per heavy atom. The fourth-order valence-electron chi connectivity index (χ4n) is 3.59. The first kappa shape index (κ1) is 19.4. The molecular weight excluding hydrogens is 336 g/mol. The number of ether oxygens (including phenoxy) is 1. The maximum atomic E-state index is 12.2. The Morgan fingerprint density at radius 2 is 1.78 bits per heavy atom. The smallest absolute Gasteiger partial charge is 0.220 e. The third kappa shape index (κ3) is 6.72. The highest BCUT2D eigenvalue weighted by Gasteiger charge is 2.23. The molecule has 2 aromatic carbocycles. The van der Waals surface area contributed by atoms with Crippen molar-refractivity contribution in [1.82, 2.24) is 5.32 Å². The number of hydrogen-bond acceptors (Lipinski definition) is 2. The van der Waals surface area contributed by atoms with Gasteiger partial charge in [0.25, 0.3) is 0 Å². The summed E-state index contributed by atoms with van der Waals surface area (Å²) in [6, 6.07) is 19.0. The highest BCUT2D eigenvalue weighted by molar-refractivity contribution is 5.76. The Kier molecular flexibility index (Phi) is 7.28. The van der Waals surface area contributed by atoms with Crippen LogP contribution < -0.4 is 15.0 Å². The van der Waals surface area contributed by atoms with E-state index in [0.717, 1.165) is 44.6 Å². The summed E-state index contributed by atoms with van der Waals surface area (Å²) in [5.41, 5.74) is 2.61. The topological polar surface area (TPSA) is 42.8 Å². The van der Waals surface area contributed by atoms with Gasteiger partial charge in [0.05, 0.1) is 19.7 Å². The van der Waals surface area contributed by atoms with E-state index in [2.05, 4.69) is 42.6 Å². The molecule has 1 aliphatic heterocycles. The van der Waals surface area contributed by atoms with E-state index in [0.29, 0.717) is 19.1 Å². The monoisotopic (exact) mass is 367 g/mol. The second kappa shape index (κ2) is 10.1. The number of hydrogen-bond donors (Lipinski definition) is 2. The van der Waals surface area contributed by atoms with Crippen molar-refractivity contribution in [3.05, 3.63) is 65.7 Å². The molecule has 0 atom stereocenters. The van der Waals surface area contributed by atoms with Gasteiger partial charge < -0.3 is 15.0 Å². The minimum absolute atomic E-state index is 0.152. The quantitative estimate of drug-likeness (QED) is 0.704. The lowest BCUT2D eigenvalue weighted by molar-refractivity contribution is -0.918. The highest BCUT2D eigenvalue weighted by Crippen LogP contribution is 2.12. The summed E-state index contributed by atoms with van der Waals surface area (Å²) in [5, 5.41) is 3.20. The lowest BCUT2D eigenvalue weighted by atomic mass is 10.0. The Bertz CT molecular complexity index is 692. The number of quaternary nitrogens is 1. The predicted molar refractivity (Wildman–Crippen MR) is 108 cm³/mol. The van der Waals surface area contributed by atoms with E-state index in [1.807, 2.05) is 24.3 Å². The molecule has 0 aliphatic carbocycles. The molecule has 4 heteroatoms. The van der Waals surface area contributed by atoms with Crippen LogP contribution in [0.25, 0.3) is 0 Å². The highest BCUT2D eigenvalue weighted by atomic mass is 16.5. The fraction of sp³-hybridized carbons (Fsp3) is 0.435. The summed E-state index contributed by atoms with van der Waals surface area (Å²) < 4.78 is 5.69. The van der Waals surface area contributed by atoms with Crippen LogP contribution in [0.2, 0.25) is 0 Å². The molecular formula is C23H31N2O2+. The average Bonchev–Trinajstić information content (AvgIpc) is 2.69. The van der Waals surface area contributed by atoms with Crippen LogP contribution in [-0.4, -0.2) is 31.6 Å². The van der Waals surface area contributed by atoms with Crippen LogP contribution in [0, 0.1) is 6.92 Å². The number of likely N-dealkylation sites (tertiary alicyclic amines) is 1. The van der Waals surface area contributed by atoms with Gasteiger partial charge in [-0.25, -0.2) is 0 Å². The van der Waals surface area contributed by atoms with E-state index in [-0.39, 0.29) is 5.91 Å². The number of benzene rings is 2. The maximum absolute atomic E-state index is 12.2. The van der Waals surface area contributed by atoms with Crippen molar-refractivity contribution in [3.63, 3.8) is 0 Å². The van der Waals surface area contributed by atoms with Gasteiger partial charge in [0, 0.05) is 30.9 Å². The van der Waals surface area contributed by atoms with Gasteiger partial charge in [-0.1, -0.05) is 48.0 Å². The summed E-state index contributed by atoms with van der Waals surface area (Å²) in [6.07, 6.45) is 3.41. The Balaban J connectivity index is 1.28. The molecule has 0 radical (unpaired) electrons. The molecule has 1 heterocycles. The van der Waals surface area contributed by atoms with Crippen molar-refractivity contribution in [3.8, 4) is 5.75 Å².